The lowest BCUT2D eigenvalue weighted by molar-refractivity contribution is -0.136. The first kappa shape index (κ1) is 21.4. The average molecular weight is 479 g/mol. The van der Waals surface area contributed by atoms with E-state index in [-0.39, 0.29) is 15.7 Å². The van der Waals surface area contributed by atoms with Crippen molar-refractivity contribution in [3.63, 3.8) is 0 Å². The standard InChI is InChI=1S/C21H14Cl3N3O4/c22-14-5-3-12(4-6-14)16-9-17(18-2-1-7-30-18)27(26-16)19(28)11-31-21(29)13-8-15(23)20(24)25-10-13/h1-8,10,17H,9,11H2/t17-/m0/s1. The molecule has 3 aromatic rings. The van der Waals surface area contributed by atoms with Crippen LogP contribution in [0.15, 0.2) is 64.4 Å². The summed E-state index contributed by atoms with van der Waals surface area (Å²) in [5.74, 6) is -0.692. The van der Waals surface area contributed by atoms with E-state index in [1.807, 2.05) is 12.1 Å². The summed E-state index contributed by atoms with van der Waals surface area (Å²) in [6.45, 7) is -0.520. The molecule has 0 bridgehead atoms. The summed E-state index contributed by atoms with van der Waals surface area (Å²) in [7, 11) is 0. The molecule has 0 saturated carbocycles. The Morgan fingerprint density at radius 1 is 1.16 bits per heavy atom. The lowest BCUT2D eigenvalue weighted by Crippen LogP contribution is -2.31. The van der Waals surface area contributed by atoms with Crippen LogP contribution in [-0.2, 0) is 9.53 Å². The van der Waals surface area contributed by atoms with Gasteiger partial charge in [0.2, 0.25) is 0 Å². The van der Waals surface area contributed by atoms with Gasteiger partial charge >= 0.3 is 5.97 Å². The van der Waals surface area contributed by atoms with Crippen LogP contribution in [0.1, 0.15) is 34.1 Å². The van der Waals surface area contributed by atoms with E-state index in [9.17, 15) is 9.59 Å². The van der Waals surface area contributed by atoms with Crippen LogP contribution < -0.4 is 0 Å². The molecule has 0 fully saturated rings. The van der Waals surface area contributed by atoms with E-state index in [0.29, 0.717) is 22.9 Å². The Labute approximate surface area is 192 Å². The summed E-state index contributed by atoms with van der Waals surface area (Å²) in [5, 5.41) is 6.50. The number of carbonyl (C=O) groups excluding carboxylic acids is 2. The fourth-order valence-electron chi connectivity index (χ4n) is 3.07. The fraction of sp³-hybridized carbons (Fsp3) is 0.143. The third-order valence-corrected chi connectivity index (χ3v) is 5.51. The number of pyridine rings is 1. The Morgan fingerprint density at radius 2 is 1.94 bits per heavy atom. The molecule has 0 unspecified atom stereocenters. The number of hydrazone groups is 1. The van der Waals surface area contributed by atoms with Crippen molar-refractivity contribution in [1.29, 1.82) is 0 Å². The van der Waals surface area contributed by atoms with Crippen molar-refractivity contribution in [3.05, 3.63) is 87.0 Å². The number of carbonyl (C=O) groups is 2. The van der Waals surface area contributed by atoms with E-state index in [1.165, 1.54) is 23.5 Å². The minimum atomic E-state index is -0.755. The van der Waals surface area contributed by atoms with Gasteiger partial charge in [0.05, 0.1) is 22.6 Å². The highest BCUT2D eigenvalue weighted by atomic mass is 35.5. The maximum absolute atomic E-state index is 12.9. The maximum Gasteiger partial charge on any atom is 0.340 e. The highest BCUT2D eigenvalue weighted by Crippen LogP contribution is 2.33. The Bertz CT molecular complexity index is 1150. The third-order valence-electron chi connectivity index (χ3n) is 4.57. The van der Waals surface area contributed by atoms with Crippen molar-refractivity contribution in [2.75, 3.05) is 6.61 Å². The first-order chi connectivity index (χ1) is 14.9. The lowest BCUT2D eigenvalue weighted by Gasteiger charge is -2.19. The predicted octanol–water partition coefficient (Wildman–Crippen LogP) is 5.17. The molecule has 1 amide bonds. The molecule has 1 atom stereocenters. The van der Waals surface area contributed by atoms with Crippen LogP contribution >= 0.6 is 34.8 Å². The Kier molecular flexibility index (Phi) is 6.27. The first-order valence-corrected chi connectivity index (χ1v) is 10.2. The van der Waals surface area contributed by atoms with Crippen LogP contribution in [0.2, 0.25) is 15.2 Å². The Hall–Kier alpha value is -2.87. The van der Waals surface area contributed by atoms with Crippen LogP contribution in [0.3, 0.4) is 0 Å². The molecule has 0 spiro atoms. The van der Waals surface area contributed by atoms with Gasteiger partial charge in [0, 0.05) is 17.6 Å². The van der Waals surface area contributed by atoms with Crippen LogP contribution in [0.25, 0.3) is 0 Å². The predicted molar refractivity (Wildman–Crippen MR) is 115 cm³/mol. The Balaban J connectivity index is 1.51. The normalized spacial score (nSPS) is 15.6. The molecular weight excluding hydrogens is 465 g/mol. The van der Waals surface area contributed by atoms with Crippen LogP contribution in [0, 0.1) is 0 Å². The van der Waals surface area contributed by atoms with E-state index in [1.54, 1.807) is 24.3 Å². The summed E-state index contributed by atoms with van der Waals surface area (Å²) in [5.41, 5.74) is 1.60. The lowest BCUT2D eigenvalue weighted by atomic mass is 10.0. The monoisotopic (exact) mass is 477 g/mol. The number of hydrogen-bond acceptors (Lipinski definition) is 6. The van der Waals surface area contributed by atoms with Crippen LogP contribution in [0.4, 0.5) is 0 Å². The maximum atomic E-state index is 12.9. The zero-order valence-corrected chi connectivity index (χ0v) is 18.1. The van der Waals surface area contributed by atoms with E-state index in [0.717, 1.165) is 5.56 Å². The minimum absolute atomic E-state index is 0.0664. The molecule has 31 heavy (non-hydrogen) atoms. The Morgan fingerprint density at radius 3 is 2.61 bits per heavy atom. The number of hydrogen-bond donors (Lipinski definition) is 0. The first-order valence-electron chi connectivity index (χ1n) is 9.09. The molecule has 0 saturated heterocycles. The molecule has 7 nitrogen and oxygen atoms in total. The third kappa shape index (κ3) is 4.74. The van der Waals surface area contributed by atoms with Crippen molar-refractivity contribution in [2.24, 2.45) is 5.10 Å². The van der Waals surface area contributed by atoms with Crippen molar-refractivity contribution in [1.82, 2.24) is 9.99 Å². The SMILES string of the molecule is O=C(OCC(=O)N1N=C(c2ccc(Cl)cc2)C[C@H]1c1ccco1)c1cnc(Cl)c(Cl)c1. The number of amides is 1. The molecule has 10 heteroatoms. The molecule has 1 aliphatic rings. The fourth-order valence-corrected chi connectivity index (χ4v) is 3.46. The zero-order valence-electron chi connectivity index (χ0n) is 15.8. The van der Waals surface area contributed by atoms with Gasteiger partial charge in [-0.1, -0.05) is 46.9 Å². The van der Waals surface area contributed by atoms with Crippen molar-refractivity contribution in [2.45, 2.75) is 12.5 Å². The van der Waals surface area contributed by atoms with Gasteiger partial charge in [-0.25, -0.2) is 14.8 Å². The van der Waals surface area contributed by atoms with Gasteiger partial charge in [-0.05, 0) is 35.9 Å². The van der Waals surface area contributed by atoms with E-state index >= 15 is 0 Å². The number of benzene rings is 1. The molecule has 1 aliphatic heterocycles. The molecule has 0 N–H and O–H groups in total. The molecule has 4 rings (SSSR count). The number of esters is 1. The second kappa shape index (κ2) is 9.09. The van der Waals surface area contributed by atoms with Gasteiger partial charge < -0.3 is 9.15 Å². The highest BCUT2D eigenvalue weighted by molar-refractivity contribution is 6.41. The van der Waals surface area contributed by atoms with Gasteiger partial charge in [-0.15, -0.1) is 0 Å². The van der Waals surface area contributed by atoms with E-state index in [2.05, 4.69) is 10.1 Å². The van der Waals surface area contributed by atoms with Crippen molar-refractivity contribution in [3.8, 4) is 0 Å². The smallest absolute Gasteiger partial charge is 0.340 e. The van der Waals surface area contributed by atoms with Gasteiger partial charge in [0.25, 0.3) is 5.91 Å². The summed E-state index contributed by atoms with van der Waals surface area (Å²) >= 11 is 17.6. The summed E-state index contributed by atoms with van der Waals surface area (Å²) in [6, 6.07) is 11.5. The van der Waals surface area contributed by atoms with Crippen LogP contribution in [0.5, 0.6) is 0 Å². The largest absolute Gasteiger partial charge is 0.467 e. The average Bonchev–Trinajstić information content (AvgIpc) is 3.44. The van der Waals surface area contributed by atoms with Crippen LogP contribution in [-0.4, -0.2) is 34.2 Å². The molecular formula is C21H14Cl3N3O4. The van der Waals surface area contributed by atoms with Gasteiger partial charge in [-0.2, -0.15) is 5.10 Å². The quantitative estimate of drug-likeness (QED) is 0.373. The zero-order chi connectivity index (χ0) is 22.0. The summed E-state index contributed by atoms with van der Waals surface area (Å²) in [4.78, 5) is 28.9. The second-order valence-electron chi connectivity index (χ2n) is 6.60. The topological polar surface area (TPSA) is 85.0 Å². The number of aromatic nitrogens is 1. The molecule has 2 aromatic heterocycles. The minimum Gasteiger partial charge on any atom is -0.467 e. The number of furan rings is 1. The number of halogens is 3. The number of ether oxygens (including phenoxy) is 1. The molecule has 0 radical (unpaired) electrons. The molecule has 3 heterocycles. The van der Waals surface area contributed by atoms with E-state index in [4.69, 9.17) is 44.0 Å². The van der Waals surface area contributed by atoms with Gasteiger partial charge in [0.15, 0.2) is 6.61 Å². The number of nitrogens with zero attached hydrogens (tertiary/aromatic N) is 3. The van der Waals surface area contributed by atoms with Crippen molar-refractivity contribution < 1.29 is 18.7 Å². The van der Waals surface area contributed by atoms with E-state index < -0.39 is 24.5 Å². The van der Waals surface area contributed by atoms with Gasteiger partial charge in [0.1, 0.15) is 17.0 Å². The molecule has 158 valence electrons. The summed E-state index contributed by atoms with van der Waals surface area (Å²) in [6.07, 6.45) is 3.18. The van der Waals surface area contributed by atoms with Crippen molar-refractivity contribution >= 4 is 52.4 Å². The second-order valence-corrected chi connectivity index (χ2v) is 7.80. The molecule has 1 aromatic carbocycles. The highest BCUT2D eigenvalue weighted by Gasteiger charge is 2.35. The van der Waals surface area contributed by atoms with Gasteiger partial charge in [-0.3, -0.25) is 4.79 Å². The molecule has 0 aliphatic carbocycles. The summed E-state index contributed by atoms with van der Waals surface area (Å²) < 4.78 is 10.6. The number of rotatable bonds is 5.